The number of imidazole rings is 1. The van der Waals surface area contributed by atoms with Crippen molar-refractivity contribution in [1.29, 1.82) is 0 Å². The van der Waals surface area contributed by atoms with Gasteiger partial charge >= 0.3 is 5.97 Å². The summed E-state index contributed by atoms with van der Waals surface area (Å²) in [6.07, 6.45) is 13.3. The van der Waals surface area contributed by atoms with Gasteiger partial charge in [-0.15, -0.1) is 0 Å². The maximum Gasteiger partial charge on any atom is 0.305 e. The molecule has 0 N–H and O–H groups in total. The third-order valence-corrected chi connectivity index (χ3v) is 3.61. The minimum absolute atomic E-state index is 0.141. The molecule has 0 aliphatic heterocycles. The van der Waals surface area contributed by atoms with Gasteiger partial charge in [-0.3, -0.25) is 4.79 Å². The van der Waals surface area contributed by atoms with Crippen molar-refractivity contribution in [1.82, 2.24) is 9.55 Å². The Labute approximate surface area is 145 Å². The molecular weight excluding hydrogens is 306 g/mol. The Hall–Kier alpha value is -1.85. The third kappa shape index (κ3) is 10.0. The minimum Gasteiger partial charge on any atom is -0.466 e. The van der Waals surface area contributed by atoms with Gasteiger partial charge in [-0.1, -0.05) is 31.3 Å². The summed E-state index contributed by atoms with van der Waals surface area (Å²) in [6, 6.07) is 0. The van der Waals surface area contributed by atoms with E-state index >= 15 is 0 Å². The second-order valence-electron chi connectivity index (χ2n) is 5.80. The second-order valence-corrected chi connectivity index (χ2v) is 5.80. The molecule has 6 heteroatoms. The van der Waals surface area contributed by atoms with Crippen molar-refractivity contribution in [3.8, 4) is 0 Å². The van der Waals surface area contributed by atoms with Gasteiger partial charge < -0.3 is 14.1 Å². The predicted molar refractivity (Wildman–Crippen MR) is 94.9 cm³/mol. The fourth-order valence-corrected chi connectivity index (χ4v) is 2.31. The number of unbranched alkanes of at least 4 members (excludes halogenated alkanes) is 4. The monoisotopic (exact) mass is 337 g/mol. The van der Waals surface area contributed by atoms with Gasteiger partial charge in [0.15, 0.2) is 0 Å². The molecule has 0 amide bonds. The van der Waals surface area contributed by atoms with Crippen molar-refractivity contribution in [3.63, 3.8) is 0 Å². The van der Waals surface area contributed by atoms with Gasteiger partial charge in [-0.2, -0.15) is 0 Å². The van der Waals surface area contributed by atoms with Gasteiger partial charge in [0, 0.05) is 18.8 Å². The zero-order valence-corrected chi connectivity index (χ0v) is 15.1. The first-order valence-electron chi connectivity index (χ1n) is 9.05. The van der Waals surface area contributed by atoms with Crippen LogP contribution in [0.3, 0.4) is 0 Å². The van der Waals surface area contributed by atoms with Crippen molar-refractivity contribution in [2.45, 2.75) is 71.8 Å². The molecule has 1 heterocycles. The lowest BCUT2D eigenvalue weighted by Crippen LogP contribution is -2.10. The van der Waals surface area contributed by atoms with E-state index in [1.54, 1.807) is 12.5 Å². The Morgan fingerprint density at radius 2 is 1.96 bits per heavy atom. The number of oxime groups is 1. The van der Waals surface area contributed by atoms with Crippen molar-refractivity contribution >= 4 is 11.7 Å². The molecule has 0 bridgehead atoms. The summed E-state index contributed by atoms with van der Waals surface area (Å²) in [5.41, 5.74) is 1.04. The molecule has 6 nitrogen and oxygen atoms in total. The summed E-state index contributed by atoms with van der Waals surface area (Å²) >= 11 is 0. The smallest absolute Gasteiger partial charge is 0.305 e. The first-order valence-corrected chi connectivity index (χ1v) is 9.05. The van der Waals surface area contributed by atoms with Crippen LogP contribution in [0.4, 0.5) is 0 Å². The summed E-state index contributed by atoms with van der Waals surface area (Å²) in [5.74, 6) is -0.141. The van der Waals surface area contributed by atoms with Gasteiger partial charge in [0.2, 0.25) is 0 Å². The number of nitrogens with zero attached hydrogens (tertiary/aromatic N) is 3. The first kappa shape index (κ1) is 20.2. The van der Waals surface area contributed by atoms with Crippen molar-refractivity contribution in [2.75, 3.05) is 13.2 Å². The maximum atomic E-state index is 11.2. The maximum absolute atomic E-state index is 11.2. The number of rotatable bonds is 14. The molecule has 0 unspecified atom stereocenters. The molecule has 1 aromatic rings. The molecule has 1 rings (SSSR count). The van der Waals surface area contributed by atoms with Crippen molar-refractivity contribution < 1.29 is 14.4 Å². The Kier molecular flexibility index (Phi) is 11.4. The van der Waals surface area contributed by atoms with Crippen LogP contribution >= 0.6 is 0 Å². The summed E-state index contributed by atoms with van der Waals surface area (Å²) < 4.78 is 6.90. The fourth-order valence-electron chi connectivity index (χ4n) is 2.31. The molecule has 0 aliphatic carbocycles. The number of aromatic nitrogens is 2. The van der Waals surface area contributed by atoms with Crippen molar-refractivity contribution in [2.24, 2.45) is 5.16 Å². The Balaban J connectivity index is 2.27. The highest BCUT2D eigenvalue weighted by Gasteiger charge is 2.04. The standard InChI is InChI=1S/C18H31N3O3/c1-3-5-6-7-10-17(15-21-13-12-19-16-21)20-24-14-9-8-11-18(22)23-4-2/h12-13,16H,3-11,14-15H2,1-2H3/b20-17-. The van der Waals surface area contributed by atoms with Gasteiger partial charge in [0.05, 0.1) is 25.2 Å². The number of carbonyl (C=O) groups excluding carboxylic acids is 1. The van der Waals surface area contributed by atoms with E-state index in [-0.39, 0.29) is 5.97 Å². The van der Waals surface area contributed by atoms with Gasteiger partial charge in [0.1, 0.15) is 6.61 Å². The minimum atomic E-state index is -0.141. The average Bonchev–Trinajstić information content (AvgIpc) is 3.07. The number of carbonyl (C=O) groups is 1. The Morgan fingerprint density at radius 3 is 2.67 bits per heavy atom. The Bertz CT molecular complexity index is 458. The molecule has 0 saturated heterocycles. The highest BCUT2D eigenvalue weighted by molar-refractivity contribution is 5.83. The zero-order chi connectivity index (χ0) is 17.5. The molecule has 0 fully saturated rings. The van der Waals surface area contributed by atoms with E-state index in [1.165, 1.54) is 19.3 Å². The van der Waals surface area contributed by atoms with Crippen LogP contribution in [0.1, 0.15) is 65.2 Å². The number of ether oxygens (including phenoxy) is 1. The molecular formula is C18H31N3O3. The summed E-state index contributed by atoms with van der Waals surface area (Å²) in [7, 11) is 0. The number of hydrogen-bond acceptors (Lipinski definition) is 5. The van der Waals surface area contributed by atoms with E-state index in [1.807, 2.05) is 17.7 Å². The van der Waals surface area contributed by atoms with E-state index in [9.17, 15) is 4.79 Å². The van der Waals surface area contributed by atoms with Crippen LogP contribution in [-0.2, 0) is 20.9 Å². The lowest BCUT2D eigenvalue weighted by atomic mass is 10.1. The topological polar surface area (TPSA) is 65.7 Å². The fraction of sp³-hybridized carbons (Fsp3) is 0.722. The summed E-state index contributed by atoms with van der Waals surface area (Å²) in [6.45, 7) is 5.71. The van der Waals surface area contributed by atoms with E-state index < -0.39 is 0 Å². The zero-order valence-electron chi connectivity index (χ0n) is 15.1. The Morgan fingerprint density at radius 1 is 1.12 bits per heavy atom. The molecule has 1 aromatic heterocycles. The molecule has 0 saturated carbocycles. The largest absolute Gasteiger partial charge is 0.466 e. The van der Waals surface area contributed by atoms with E-state index in [2.05, 4.69) is 17.1 Å². The van der Waals surface area contributed by atoms with E-state index in [0.29, 0.717) is 19.6 Å². The number of esters is 1. The molecule has 0 aliphatic rings. The molecule has 0 spiro atoms. The normalized spacial score (nSPS) is 11.5. The predicted octanol–water partition coefficient (Wildman–Crippen LogP) is 3.96. The second kappa shape index (κ2) is 13.6. The van der Waals surface area contributed by atoms with Crippen LogP contribution in [0.15, 0.2) is 23.9 Å². The molecule has 136 valence electrons. The van der Waals surface area contributed by atoms with E-state index in [4.69, 9.17) is 9.57 Å². The first-order chi connectivity index (χ1) is 11.8. The van der Waals surface area contributed by atoms with Crippen molar-refractivity contribution in [3.05, 3.63) is 18.7 Å². The van der Waals surface area contributed by atoms with Crippen LogP contribution in [0.25, 0.3) is 0 Å². The van der Waals surface area contributed by atoms with Crippen LogP contribution in [-0.4, -0.2) is 34.4 Å². The molecule has 0 radical (unpaired) electrons. The highest BCUT2D eigenvalue weighted by atomic mass is 16.6. The third-order valence-electron chi connectivity index (χ3n) is 3.61. The molecule has 0 atom stereocenters. The van der Waals surface area contributed by atoms with Crippen LogP contribution in [0, 0.1) is 0 Å². The molecule has 0 aromatic carbocycles. The quantitative estimate of drug-likeness (QED) is 0.223. The van der Waals surface area contributed by atoms with Gasteiger partial charge in [0.25, 0.3) is 0 Å². The SMILES string of the molecule is CCCCCC/C(Cn1ccnc1)=N/OCCCCC(=O)OCC. The summed E-state index contributed by atoms with van der Waals surface area (Å²) in [5, 5.41) is 4.30. The molecule has 24 heavy (non-hydrogen) atoms. The van der Waals surface area contributed by atoms with Crippen LogP contribution in [0.2, 0.25) is 0 Å². The lowest BCUT2D eigenvalue weighted by molar-refractivity contribution is -0.143. The van der Waals surface area contributed by atoms with Crippen LogP contribution < -0.4 is 0 Å². The number of hydrogen-bond donors (Lipinski definition) is 0. The lowest BCUT2D eigenvalue weighted by Gasteiger charge is -2.08. The highest BCUT2D eigenvalue weighted by Crippen LogP contribution is 2.06. The average molecular weight is 337 g/mol. The van der Waals surface area contributed by atoms with Crippen LogP contribution in [0.5, 0.6) is 0 Å². The van der Waals surface area contributed by atoms with E-state index in [0.717, 1.165) is 37.9 Å². The summed E-state index contributed by atoms with van der Waals surface area (Å²) in [4.78, 5) is 20.7. The van der Waals surface area contributed by atoms with Gasteiger partial charge in [-0.05, 0) is 32.6 Å². The van der Waals surface area contributed by atoms with Gasteiger partial charge in [-0.25, -0.2) is 4.98 Å².